The minimum Gasteiger partial charge on any atom is -0.473 e. The lowest BCUT2D eigenvalue weighted by atomic mass is 9.96. The van der Waals surface area contributed by atoms with Crippen LogP contribution in [0.3, 0.4) is 0 Å². The molecule has 1 aromatic heterocycles. The minimum absolute atomic E-state index is 0.0251. The van der Waals surface area contributed by atoms with Gasteiger partial charge in [0.15, 0.2) is 5.88 Å². The third kappa shape index (κ3) is 7.67. The number of sulfonamides is 1. The van der Waals surface area contributed by atoms with Gasteiger partial charge < -0.3 is 25.0 Å². The maximum atomic E-state index is 14.8. The van der Waals surface area contributed by atoms with Gasteiger partial charge in [-0.15, -0.1) is 6.58 Å². The molecule has 1 aromatic carbocycles. The number of fused-ring (bicyclic) bond motifs is 5. The monoisotopic (exact) mass is 791 g/mol. The summed E-state index contributed by atoms with van der Waals surface area (Å²) in [4.78, 5) is 71.9. The van der Waals surface area contributed by atoms with Crippen LogP contribution in [0.1, 0.15) is 96.3 Å². The van der Waals surface area contributed by atoms with Crippen molar-refractivity contribution in [1.29, 1.82) is 0 Å². The van der Waals surface area contributed by atoms with Crippen LogP contribution in [0.15, 0.2) is 47.8 Å². The van der Waals surface area contributed by atoms with Crippen LogP contribution in [0.5, 0.6) is 5.88 Å². The van der Waals surface area contributed by atoms with Gasteiger partial charge in [-0.25, -0.2) is 13.2 Å². The first kappa shape index (κ1) is 38.5. The van der Waals surface area contributed by atoms with Crippen molar-refractivity contribution in [3.63, 3.8) is 0 Å². The zero-order valence-corrected chi connectivity index (χ0v) is 32.6. The van der Waals surface area contributed by atoms with Crippen LogP contribution < -0.4 is 25.7 Å². The van der Waals surface area contributed by atoms with Crippen LogP contribution in [0.25, 0.3) is 10.8 Å². The van der Waals surface area contributed by atoms with Crippen LogP contribution in [-0.4, -0.2) is 83.3 Å². The Hall–Kier alpha value is -4.40. The van der Waals surface area contributed by atoms with Crippen LogP contribution in [-0.2, 0) is 35.7 Å². The van der Waals surface area contributed by atoms with E-state index in [9.17, 15) is 32.4 Å². The molecule has 4 saturated carbocycles. The number of nitrogens with zero attached hydrogens (tertiary/aromatic N) is 2. The molecule has 6 aliphatic rings. The summed E-state index contributed by atoms with van der Waals surface area (Å²) in [6.45, 7) is 4.20. The Morgan fingerprint density at radius 2 is 1.64 bits per heavy atom. The van der Waals surface area contributed by atoms with Crippen molar-refractivity contribution in [2.24, 2.45) is 17.8 Å². The lowest BCUT2D eigenvalue weighted by molar-refractivity contribution is -0.142. The Morgan fingerprint density at radius 3 is 2.39 bits per heavy atom. The van der Waals surface area contributed by atoms with Gasteiger partial charge in [-0.3, -0.25) is 28.5 Å². The number of aromatic nitrogens is 1. The fraction of sp³-hybridized carbons (Fsp3) is 0.634. The van der Waals surface area contributed by atoms with Crippen LogP contribution in [0, 0.1) is 17.8 Å². The molecule has 7 atom stereocenters. The molecule has 1 saturated heterocycles. The molecule has 302 valence electrons. The van der Waals surface area contributed by atoms with Gasteiger partial charge in [0, 0.05) is 30.3 Å². The highest BCUT2D eigenvalue weighted by Crippen LogP contribution is 2.46. The quantitative estimate of drug-likeness (QED) is 0.349. The number of hydrogen-bond donors (Lipinski definition) is 3. The Balaban J connectivity index is 1.13. The molecule has 4 amide bonds. The SMILES string of the molecule is C=C[C@H]1C[C@]1(NC(=O)[C@@H]1C[C@@H]2CN1C(=O)[C@H](C1CCCC1)NC(=O)O[C@@H]1CCC[C@H]1CCCCCn1c(cc3ccccc3c1=O)O2)C(=O)NS(=O)(=O)C1CC1. The lowest BCUT2D eigenvalue weighted by Gasteiger charge is -2.32. The summed E-state index contributed by atoms with van der Waals surface area (Å²) >= 11 is 0. The molecular formula is C41H53N5O9S. The van der Waals surface area contributed by atoms with Crippen LogP contribution >= 0.6 is 0 Å². The zero-order valence-electron chi connectivity index (χ0n) is 31.8. The molecule has 3 N–H and O–H groups in total. The van der Waals surface area contributed by atoms with E-state index in [1.165, 1.54) is 11.0 Å². The second kappa shape index (κ2) is 15.5. The van der Waals surface area contributed by atoms with Crippen molar-refractivity contribution in [3.05, 3.63) is 53.3 Å². The fourth-order valence-electron chi connectivity index (χ4n) is 9.64. The lowest BCUT2D eigenvalue weighted by Crippen LogP contribution is -2.59. The maximum absolute atomic E-state index is 14.8. The summed E-state index contributed by atoms with van der Waals surface area (Å²) in [6, 6.07) is 7.06. The minimum atomic E-state index is -3.90. The van der Waals surface area contributed by atoms with Crippen molar-refractivity contribution < 1.29 is 37.1 Å². The summed E-state index contributed by atoms with van der Waals surface area (Å²) < 4.78 is 42.0. The summed E-state index contributed by atoms with van der Waals surface area (Å²) in [7, 11) is -3.90. The molecule has 14 nitrogen and oxygen atoms in total. The first-order valence-corrected chi connectivity index (χ1v) is 22.1. The standard InChI is InChI=1S/C41H53N5O9S/c1-2-28-23-41(28,39(50)44-56(52,53)30-18-19-30)43-36(47)32-22-29-24-46(32)38(49)35(26-12-5-6-13-26)42-40(51)55-33-17-10-15-25(33)11-4-3-9-20-45-34(54-29)21-27-14-7-8-16-31(27)37(45)48/h2,7-8,14,16,21,25-26,28-30,32-33,35H,1,3-6,9-13,15,17-20,22-24H2,(H,42,51)(H,43,47)(H,44,50)/t25-,28+,29-,32+,33-,35+,41-/m1/s1. The predicted octanol–water partition coefficient (Wildman–Crippen LogP) is 4.05. The van der Waals surface area contributed by atoms with Gasteiger partial charge in [0.05, 0.1) is 11.8 Å². The van der Waals surface area contributed by atoms with Gasteiger partial charge in [0.1, 0.15) is 29.8 Å². The Labute approximate surface area is 327 Å². The highest BCUT2D eigenvalue weighted by molar-refractivity contribution is 7.91. The van der Waals surface area contributed by atoms with E-state index < -0.39 is 68.7 Å². The first-order chi connectivity index (χ1) is 27.0. The number of carbonyl (C=O) groups excluding carboxylic acids is 4. The van der Waals surface area contributed by atoms with E-state index in [4.69, 9.17) is 9.47 Å². The third-order valence-electron chi connectivity index (χ3n) is 13.1. The third-order valence-corrected chi connectivity index (χ3v) is 14.9. The number of nitrogens with one attached hydrogen (secondary N) is 3. The summed E-state index contributed by atoms with van der Waals surface area (Å²) in [5, 5.41) is 6.41. The Kier molecular flexibility index (Phi) is 10.7. The molecular weight excluding hydrogens is 739 g/mol. The molecule has 8 rings (SSSR count). The molecule has 2 bridgehead atoms. The van der Waals surface area contributed by atoms with E-state index in [2.05, 4.69) is 21.9 Å². The molecule has 4 aliphatic carbocycles. The molecule has 3 heterocycles. The second-order valence-corrected chi connectivity index (χ2v) is 18.8. The number of rotatable bonds is 7. The van der Waals surface area contributed by atoms with E-state index in [0.29, 0.717) is 36.0 Å². The number of ether oxygens (including phenoxy) is 2. The fourth-order valence-corrected chi connectivity index (χ4v) is 11.0. The van der Waals surface area contributed by atoms with E-state index in [1.807, 2.05) is 24.3 Å². The molecule has 0 unspecified atom stereocenters. The topological polar surface area (TPSA) is 182 Å². The van der Waals surface area contributed by atoms with Crippen molar-refractivity contribution >= 4 is 44.6 Å². The van der Waals surface area contributed by atoms with Gasteiger partial charge >= 0.3 is 6.09 Å². The van der Waals surface area contributed by atoms with Gasteiger partial charge in [0.2, 0.25) is 21.8 Å². The normalized spacial score (nSPS) is 31.5. The number of alkyl carbamates (subject to hydrolysis) is 1. The Bertz CT molecular complexity index is 2060. The largest absolute Gasteiger partial charge is 0.473 e. The van der Waals surface area contributed by atoms with Gasteiger partial charge in [0.25, 0.3) is 11.5 Å². The second-order valence-electron chi connectivity index (χ2n) is 16.8. The highest BCUT2D eigenvalue weighted by Gasteiger charge is 2.62. The van der Waals surface area contributed by atoms with Crippen LogP contribution in [0.2, 0.25) is 0 Å². The number of benzene rings is 1. The van der Waals surface area contributed by atoms with Crippen LogP contribution in [0.4, 0.5) is 4.79 Å². The number of carbonyl (C=O) groups is 4. The molecule has 2 aromatic rings. The Morgan fingerprint density at radius 1 is 0.911 bits per heavy atom. The van der Waals surface area contributed by atoms with Gasteiger partial charge in [-0.05, 0) is 87.5 Å². The van der Waals surface area contributed by atoms with E-state index >= 15 is 0 Å². The van der Waals surface area contributed by atoms with Gasteiger partial charge in [-0.1, -0.05) is 50.0 Å². The molecule has 56 heavy (non-hydrogen) atoms. The maximum Gasteiger partial charge on any atom is 0.408 e. The van der Waals surface area contributed by atoms with Crippen molar-refractivity contribution in [2.75, 3.05) is 6.54 Å². The zero-order chi connectivity index (χ0) is 39.2. The van der Waals surface area contributed by atoms with E-state index in [1.54, 1.807) is 10.6 Å². The first-order valence-electron chi connectivity index (χ1n) is 20.5. The average molecular weight is 792 g/mol. The van der Waals surface area contributed by atoms with E-state index in [0.717, 1.165) is 70.6 Å². The van der Waals surface area contributed by atoms with Crippen molar-refractivity contribution in [2.45, 2.75) is 138 Å². The summed E-state index contributed by atoms with van der Waals surface area (Å²) in [5.74, 6) is -2.07. The van der Waals surface area contributed by atoms with Gasteiger partial charge in [-0.2, -0.15) is 0 Å². The molecule has 5 fully saturated rings. The number of pyridine rings is 1. The van der Waals surface area contributed by atoms with Crippen molar-refractivity contribution in [3.8, 4) is 5.88 Å². The smallest absolute Gasteiger partial charge is 0.408 e. The van der Waals surface area contributed by atoms with Crippen molar-refractivity contribution in [1.82, 2.24) is 24.8 Å². The molecule has 15 heteroatoms. The predicted molar refractivity (Wildman–Crippen MR) is 207 cm³/mol. The van der Waals surface area contributed by atoms with E-state index in [-0.39, 0.29) is 42.9 Å². The molecule has 0 radical (unpaired) electrons. The number of amides is 4. The summed E-state index contributed by atoms with van der Waals surface area (Å²) in [5.41, 5.74) is -1.73. The summed E-state index contributed by atoms with van der Waals surface area (Å²) in [6.07, 6.45) is 10.3. The number of hydrogen-bond acceptors (Lipinski definition) is 9. The average Bonchev–Trinajstić information content (AvgIpc) is 3.96. The molecule has 0 spiro atoms. The highest BCUT2D eigenvalue weighted by atomic mass is 32.2. The molecule has 2 aliphatic heterocycles.